The largest absolute Gasteiger partial charge is 0.480 e. The third kappa shape index (κ3) is 5.71. The Hall–Kier alpha value is -3.63. The maximum Gasteiger partial charge on any atom is 0.415 e. The fourth-order valence-electron chi connectivity index (χ4n) is 2.57. The summed E-state index contributed by atoms with van der Waals surface area (Å²) in [7, 11) is 3.04. The third-order valence-corrected chi connectivity index (χ3v) is 3.95. The van der Waals surface area contributed by atoms with Crippen LogP contribution in [-0.4, -0.2) is 52.6 Å². The Bertz CT molecular complexity index is 1030. The van der Waals surface area contributed by atoms with Crippen LogP contribution in [-0.2, 0) is 9.47 Å². The lowest BCUT2D eigenvalue weighted by molar-refractivity contribution is 0.0587. The third-order valence-electron chi connectivity index (χ3n) is 3.95. The normalized spacial score (nSPS) is 12.6. The van der Waals surface area contributed by atoms with Crippen LogP contribution in [0.15, 0.2) is 28.8 Å². The first kappa shape index (κ1) is 23.6. The zero-order chi connectivity index (χ0) is 23.3. The molecule has 0 saturated heterocycles. The highest BCUT2D eigenvalue weighted by molar-refractivity contribution is 5.99. The van der Waals surface area contributed by atoms with E-state index in [0.29, 0.717) is 23.2 Å². The average Bonchev–Trinajstić information content (AvgIpc) is 3.10. The van der Waals surface area contributed by atoms with E-state index in [1.807, 2.05) is 6.92 Å². The van der Waals surface area contributed by atoms with Gasteiger partial charge in [0, 0.05) is 19.3 Å². The van der Waals surface area contributed by atoms with Crippen molar-refractivity contribution < 1.29 is 19.1 Å². The molecule has 31 heavy (non-hydrogen) atoms. The summed E-state index contributed by atoms with van der Waals surface area (Å²) in [6.07, 6.45) is 3.16. The monoisotopic (exact) mass is 431 g/mol. The lowest BCUT2D eigenvalue weighted by Gasteiger charge is -2.25. The highest BCUT2D eigenvalue weighted by Crippen LogP contribution is 2.24. The molecule has 11 heteroatoms. The fourth-order valence-corrected chi connectivity index (χ4v) is 2.57. The molecule has 0 spiro atoms. The van der Waals surface area contributed by atoms with Gasteiger partial charge in [-0.3, -0.25) is 9.69 Å². The number of nitrogens with zero attached hydrogens (tertiary/aromatic N) is 5. The Morgan fingerprint density at radius 1 is 1.39 bits per heavy atom. The molecule has 0 fully saturated rings. The van der Waals surface area contributed by atoms with E-state index < -0.39 is 17.6 Å². The number of aromatic nitrogens is 3. The van der Waals surface area contributed by atoms with Crippen molar-refractivity contribution in [3.63, 3.8) is 0 Å². The number of hydrogen-bond donors (Lipinski definition) is 2. The van der Waals surface area contributed by atoms with Gasteiger partial charge in [-0.25, -0.2) is 14.8 Å². The van der Waals surface area contributed by atoms with Crippen molar-refractivity contribution in [2.75, 3.05) is 24.4 Å². The Morgan fingerprint density at radius 2 is 2.06 bits per heavy atom. The first-order valence-electron chi connectivity index (χ1n) is 9.68. The number of primary amides is 1. The zero-order valence-corrected chi connectivity index (χ0v) is 18.9. The van der Waals surface area contributed by atoms with Gasteiger partial charge in [0.05, 0.1) is 19.0 Å². The Morgan fingerprint density at radius 3 is 2.61 bits per heavy atom. The van der Waals surface area contributed by atoms with E-state index in [9.17, 15) is 9.59 Å². The number of nitrogens with two attached hydrogens (primary N) is 1. The van der Waals surface area contributed by atoms with Gasteiger partial charge in [0.15, 0.2) is 5.65 Å². The summed E-state index contributed by atoms with van der Waals surface area (Å²) in [4.78, 5) is 34.4. The first-order valence-corrected chi connectivity index (χ1v) is 9.68. The molecule has 0 atom stereocenters. The number of ether oxygens (including phenoxy) is 2. The maximum absolute atomic E-state index is 12.6. The molecular weight excluding hydrogens is 402 g/mol. The van der Waals surface area contributed by atoms with E-state index in [2.05, 4.69) is 20.4 Å². The van der Waals surface area contributed by atoms with Gasteiger partial charge in [-0.15, -0.1) is 0 Å². The predicted octanol–water partition coefficient (Wildman–Crippen LogP) is 2.93. The number of allylic oxidation sites excluding steroid dienone is 1. The number of carbonyl (C=O) groups is 2. The standard InChI is InChI=1S/C20H29N7O4/c1-8-9-22-18(30-7)12(2)24-14-10-15(26(6)19(29)31-20(3,4)5)27-17(25-14)13(11-23-27)16(21)28/h9-11H,8H2,1-7H3,(H2,21,28)(H,24,25)/b18-12-,22-9-. The number of anilines is 2. The van der Waals surface area contributed by atoms with Gasteiger partial charge >= 0.3 is 6.09 Å². The van der Waals surface area contributed by atoms with Gasteiger partial charge in [0.25, 0.3) is 5.91 Å². The molecule has 168 valence electrons. The highest BCUT2D eigenvalue weighted by Gasteiger charge is 2.24. The van der Waals surface area contributed by atoms with Crippen molar-refractivity contribution in [3.8, 4) is 0 Å². The molecular formula is C20H29N7O4. The number of nitrogens with one attached hydrogen (secondary N) is 1. The second-order valence-electron chi connectivity index (χ2n) is 7.68. The first-order chi connectivity index (χ1) is 14.5. The molecule has 0 saturated carbocycles. The van der Waals surface area contributed by atoms with Gasteiger partial charge in [-0.2, -0.15) is 9.61 Å². The summed E-state index contributed by atoms with van der Waals surface area (Å²) in [5.41, 5.74) is 5.65. The average molecular weight is 431 g/mol. The molecule has 0 aliphatic heterocycles. The Balaban J connectivity index is 2.59. The van der Waals surface area contributed by atoms with Crippen LogP contribution in [0.1, 0.15) is 51.4 Å². The predicted molar refractivity (Wildman–Crippen MR) is 118 cm³/mol. The van der Waals surface area contributed by atoms with Crippen molar-refractivity contribution >= 4 is 35.5 Å². The van der Waals surface area contributed by atoms with Crippen LogP contribution in [0, 0.1) is 0 Å². The SMILES string of the molecule is CC/C=N\C(OC)=C(/C)Nc1cc(N(C)C(=O)OC(C)(C)C)n2ncc(C(N)=O)c2n1. The van der Waals surface area contributed by atoms with Gasteiger partial charge < -0.3 is 20.5 Å². The Kier molecular flexibility index (Phi) is 7.21. The van der Waals surface area contributed by atoms with E-state index in [1.165, 1.54) is 29.8 Å². The molecule has 2 aromatic rings. The van der Waals surface area contributed by atoms with Crippen molar-refractivity contribution in [1.82, 2.24) is 14.6 Å². The van der Waals surface area contributed by atoms with Crippen LogP contribution < -0.4 is 16.0 Å². The minimum Gasteiger partial charge on any atom is -0.480 e. The fraction of sp³-hybridized carbons (Fsp3) is 0.450. The van der Waals surface area contributed by atoms with Crippen LogP contribution in [0.5, 0.6) is 0 Å². The summed E-state index contributed by atoms with van der Waals surface area (Å²) in [5, 5.41) is 7.26. The second kappa shape index (κ2) is 9.45. The quantitative estimate of drug-likeness (QED) is 0.508. The van der Waals surface area contributed by atoms with Crippen molar-refractivity contribution in [2.45, 2.75) is 46.6 Å². The van der Waals surface area contributed by atoms with Crippen LogP contribution in [0.4, 0.5) is 16.4 Å². The Labute approximate surface area is 180 Å². The van der Waals surface area contributed by atoms with E-state index >= 15 is 0 Å². The molecule has 0 aromatic carbocycles. The molecule has 0 bridgehead atoms. The number of amides is 2. The molecule has 3 N–H and O–H groups in total. The van der Waals surface area contributed by atoms with Crippen LogP contribution in [0.3, 0.4) is 0 Å². The second-order valence-corrected chi connectivity index (χ2v) is 7.68. The summed E-state index contributed by atoms with van der Waals surface area (Å²) in [6, 6.07) is 1.59. The molecule has 2 amide bonds. The van der Waals surface area contributed by atoms with Crippen molar-refractivity contribution in [3.05, 3.63) is 29.4 Å². The van der Waals surface area contributed by atoms with Crippen LogP contribution in [0.25, 0.3) is 5.65 Å². The molecule has 2 aromatic heterocycles. The number of rotatable bonds is 7. The summed E-state index contributed by atoms with van der Waals surface area (Å²) in [5.74, 6) is 0.329. The number of hydrogen-bond acceptors (Lipinski definition) is 8. The van der Waals surface area contributed by atoms with Crippen LogP contribution in [0.2, 0.25) is 0 Å². The van der Waals surface area contributed by atoms with Crippen molar-refractivity contribution in [1.29, 1.82) is 0 Å². The topological polar surface area (TPSA) is 136 Å². The molecule has 0 radical (unpaired) electrons. The van der Waals surface area contributed by atoms with Crippen molar-refractivity contribution in [2.24, 2.45) is 10.7 Å². The minimum atomic E-state index is -0.692. The highest BCUT2D eigenvalue weighted by atomic mass is 16.6. The smallest absolute Gasteiger partial charge is 0.415 e. The van der Waals surface area contributed by atoms with Gasteiger partial charge in [0.2, 0.25) is 5.88 Å². The zero-order valence-electron chi connectivity index (χ0n) is 18.9. The number of fused-ring (bicyclic) bond motifs is 1. The molecule has 0 aliphatic carbocycles. The molecule has 2 heterocycles. The van der Waals surface area contributed by atoms with E-state index in [4.69, 9.17) is 15.2 Å². The van der Waals surface area contributed by atoms with Crippen LogP contribution >= 0.6 is 0 Å². The minimum absolute atomic E-state index is 0.111. The van der Waals surface area contributed by atoms with E-state index in [0.717, 1.165) is 6.42 Å². The van der Waals surface area contributed by atoms with Gasteiger partial charge in [-0.1, -0.05) is 6.92 Å². The molecule has 0 aliphatic rings. The lowest BCUT2D eigenvalue weighted by Crippen LogP contribution is -2.35. The molecule has 2 rings (SSSR count). The molecule has 0 unspecified atom stereocenters. The number of carbonyl (C=O) groups excluding carboxylic acids is 2. The lowest BCUT2D eigenvalue weighted by atomic mass is 10.2. The molecule has 11 nitrogen and oxygen atoms in total. The van der Waals surface area contributed by atoms with E-state index in [-0.39, 0.29) is 11.2 Å². The van der Waals surface area contributed by atoms with Gasteiger partial charge in [0.1, 0.15) is 22.8 Å². The number of methoxy groups -OCH3 is 1. The van der Waals surface area contributed by atoms with Gasteiger partial charge in [-0.05, 0) is 34.1 Å². The summed E-state index contributed by atoms with van der Waals surface area (Å²) < 4.78 is 12.1. The van der Waals surface area contributed by atoms with E-state index in [1.54, 1.807) is 40.0 Å². The summed E-state index contributed by atoms with van der Waals surface area (Å²) >= 11 is 0. The number of aliphatic imine (C=N–C) groups is 1. The summed E-state index contributed by atoms with van der Waals surface area (Å²) in [6.45, 7) is 9.03. The maximum atomic E-state index is 12.6.